The van der Waals surface area contributed by atoms with Crippen molar-refractivity contribution >= 4 is 45.4 Å². The van der Waals surface area contributed by atoms with Crippen molar-refractivity contribution in [2.75, 3.05) is 0 Å². The third kappa shape index (κ3) is 4.33. The number of halogens is 1. The second kappa shape index (κ2) is 7.60. The van der Waals surface area contributed by atoms with Gasteiger partial charge in [0.15, 0.2) is 0 Å². The summed E-state index contributed by atoms with van der Waals surface area (Å²) < 4.78 is 1.07. The van der Waals surface area contributed by atoms with Gasteiger partial charge in [0.1, 0.15) is 6.04 Å². The number of carboxylic acids is 1. The number of nitrogens with one attached hydrogen (secondary N) is 1. The van der Waals surface area contributed by atoms with Gasteiger partial charge in [-0.1, -0.05) is 30.3 Å². The molecule has 1 heterocycles. The molecular weight excluding hydrogens is 431 g/mol. The Morgan fingerprint density at radius 3 is 2.56 bits per heavy atom. The van der Waals surface area contributed by atoms with E-state index < -0.39 is 17.9 Å². The molecule has 0 aliphatic carbocycles. The van der Waals surface area contributed by atoms with Crippen molar-refractivity contribution in [2.45, 2.75) is 12.5 Å². The summed E-state index contributed by atoms with van der Waals surface area (Å²) in [6.45, 7) is 0. The molecular formula is C19H15IN2O3. The normalized spacial score (nSPS) is 11.9. The number of carbonyl (C=O) groups excluding carboxylic acids is 1. The van der Waals surface area contributed by atoms with E-state index in [0.717, 1.165) is 20.0 Å². The molecule has 2 aromatic carbocycles. The zero-order chi connectivity index (χ0) is 17.8. The van der Waals surface area contributed by atoms with Crippen molar-refractivity contribution in [1.82, 2.24) is 10.3 Å². The Bertz CT molecular complexity index is 925. The van der Waals surface area contributed by atoms with Crippen molar-refractivity contribution in [3.8, 4) is 0 Å². The lowest BCUT2D eigenvalue weighted by molar-refractivity contribution is -0.139. The van der Waals surface area contributed by atoms with Crippen LogP contribution in [0.1, 0.15) is 15.9 Å². The van der Waals surface area contributed by atoms with Crippen molar-refractivity contribution in [1.29, 1.82) is 0 Å². The number of hydrogen-bond acceptors (Lipinski definition) is 3. The first kappa shape index (κ1) is 17.3. The van der Waals surface area contributed by atoms with Crippen molar-refractivity contribution in [3.05, 3.63) is 75.5 Å². The summed E-state index contributed by atoms with van der Waals surface area (Å²) in [4.78, 5) is 28.2. The molecule has 0 radical (unpaired) electrons. The van der Waals surface area contributed by atoms with Gasteiger partial charge in [-0.3, -0.25) is 9.78 Å². The van der Waals surface area contributed by atoms with Crippen LogP contribution in [-0.4, -0.2) is 28.0 Å². The van der Waals surface area contributed by atoms with Gasteiger partial charge in [0.2, 0.25) is 0 Å². The first-order valence-electron chi connectivity index (χ1n) is 7.66. The quantitative estimate of drug-likeness (QED) is 0.590. The van der Waals surface area contributed by atoms with E-state index in [-0.39, 0.29) is 6.42 Å². The van der Waals surface area contributed by atoms with Gasteiger partial charge >= 0.3 is 5.97 Å². The van der Waals surface area contributed by atoms with Gasteiger partial charge in [-0.2, -0.15) is 0 Å². The predicted octanol–water partition coefficient (Wildman–Crippen LogP) is 3.27. The van der Waals surface area contributed by atoms with E-state index in [9.17, 15) is 14.7 Å². The molecule has 2 N–H and O–H groups in total. The zero-order valence-electron chi connectivity index (χ0n) is 13.1. The maximum atomic E-state index is 12.4. The van der Waals surface area contributed by atoms with Crippen LogP contribution in [0.2, 0.25) is 0 Å². The lowest BCUT2D eigenvalue weighted by Crippen LogP contribution is -2.42. The molecule has 126 valence electrons. The second-order valence-electron chi connectivity index (χ2n) is 5.61. The molecule has 25 heavy (non-hydrogen) atoms. The first-order valence-corrected chi connectivity index (χ1v) is 8.74. The van der Waals surface area contributed by atoms with E-state index >= 15 is 0 Å². The molecule has 1 atom stereocenters. The minimum atomic E-state index is -1.07. The fourth-order valence-corrected chi connectivity index (χ4v) is 2.85. The van der Waals surface area contributed by atoms with Gasteiger partial charge in [-0.15, -0.1) is 0 Å². The largest absolute Gasteiger partial charge is 0.480 e. The van der Waals surface area contributed by atoms with Crippen LogP contribution in [-0.2, 0) is 11.2 Å². The number of carboxylic acid groups (broad SMARTS) is 1. The fourth-order valence-electron chi connectivity index (χ4n) is 2.49. The maximum absolute atomic E-state index is 12.4. The zero-order valence-corrected chi connectivity index (χ0v) is 15.3. The van der Waals surface area contributed by atoms with Gasteiger partial charge in [0.05, 0.1) is 11.1 Å². The van der Waals surface area contributed by atoms with Crippen molar-refractivity contribution < 1.29 is 14.7 Å². The number of aromatic nitrogens is 1. The highest BCUT2D eigenvalue weighted by Gasteiger charge is 2.21. The summed E-state index contributed by atoms with van der Waals surface area (Å²) >= 11 is 2.18. The van der Waals surface area contributed by atoms with Crippen LogP contribution in [0.4, 0.5) is 0 Å². The van der Waals surface area contributed by atoms with E-state index in [2.05, 4.69) is 32.9 Å². The second-order valence-corrected chi connectivity index (χ2v) is 6.86. The number of rotatable bonds is 5. The number of hydrogen-bond donors (Lipinski definition) is 2. The minimum absolute atomic E-state index is 0.221. The predicted molar refractivity (Wildman–Crippen MR) is 103 cm³/mol. The number of para-hydroxylation sites is 1. The van der Waals surface area contributed by atoms with Gasteiger partial charge in [-0.05, 0) is 52.4 Å². The maximum Gasteiger partial charge on any atom is 0.326 e. The highest BCUT2D eigenvalue weighted by molar-refractivity contribution is 14.1. The third-order valence-electron chi connectivity index (χ3n) is 3.81. The van der Waals surface area contributed by atoms with Crippen molar-refractivity contribution in [3.63, 3.8) is 0 Å². The average molecular weight is 446 g/mol. The number of amides is 1. The van der Waals surface area contributed by atoms with Crippen LogP contribution < -0.4 is 5.32 Å². The summed E-state index contributed by atoms with van der Waals surface area (Å²) in [6, 6.07) is 15.7. The summed E-state index contributed by atoms with van der Waals surface area (Å²) in [6.07, 6.45) is 1.68. The van der Waals surface area contributed by atoms with Crippen LogP contribution in [0.5, 0.6) is 0 Å². The molecule has 0 fully saturated rings. The van der Waals surface area contributed by atoms with Crippen LogP contribution in [0.3, 0.4) is 0 Å². The monoisotopic (exact) mass is 446 g/mol. The Labute approximate surface area is 158 Å². The number of nitrogens with zero attached hydrogens (tertiary/aromatic N) is 1. The Balaban J connectivity index is 1.77. The Hall–Kier alpha value is -2.48. The molecule has 1 aromatic heterocycles. The first-order chi connectivity index (χ1) is 12.0. The van der Waals surface area contributed by atoms with Gasteiger partial charge in [0.25, 0.3) is 5.91 Å². The van der Waals surface area contributed by atoms with E-state index in [1.165, 1.54) is 6.20 Å². The molecule has 0 unspecified atom stereocenters. The van der Waals surface area contributed by atoms with E-state index in [1.54, 1.807) is 6.07 Å². The Morgan fingerprint density at radius 1 is 1.12 bits per heavy atom. The fraction of sp³-hybridized carbons (Fsp3) is 0.105. The Morgan fingerprint density at radius 2 is 1.84 bits per heavy atom. The highest BCUT2D eigenvalue weighted by Crippen LogP contribution is 2.13. The molecule has 0 saturated carbocycles. The molecule has 5 nitrogen and oxygen atoms in total. The molecule has 0 aliphatic heterocycles. The molecule has 0 spiro atoms. The summed E-state index contributed by atoms with van der Waals surface area (Å²) in [5.74, 6) is -1.52. The van der Waals surface area contributed by atoms with Crippen molar-refractivity contribution in [2.24, 2.45) is 0 Å². The van der Waals surface area contributed by atoms with Crippen LogP contribution in [0.25, 0.3) is 10.9 Å². The SMILES string of the molecule is O=C(N[C@@H](Cc1ccc(I)cc1)C(=O)O)c1cnc2ccccc2c1. The molecule has 3 rings (SSSR count). The molecule has 0 aliphatic rings. The Kier molecular flexibility index (Phi) is 5.28. The van der Waals surface area contributed by atoms with Gasteiger partial charge < -0.3 is 10.4 Å². The summed E-state index contributed by atoms with van der Waals surface area (Å²) in [5.41, 5.74) is 1.98. The van der Waals surface area contributed by atoms with E-state index in [1.807, 2.05) is 48.5 Å². The third-order valence-corrected chi connectivity index (χ3v) is 4.53. The summed E-state index contributed by atoms with van der Waals surface area (Å²) in [7, 11) is 0. The lowest BCUT2D eigenvalue weighted by atomic mass is 10.1. The number of carbonyl (C=O) groups is 2. The lowest BCUT2D eigenvalue weighted by Gasteiger charge is -2.15. The van der Waals surface area contributed by atoms with Crippen LogP contribution >= 0.6 is 22.6 Å². The van der Waals surface area contributed by atoms with E-state index in [4.69, 9.17) is 0 Å². The summed E-state index contributed by atoms with van der Waals surface area (Å²) in [5, 5.41) is 12.8. The van der Waals surface area contributed by atoms with Gasteiger partial charge in [-0.25, -0.2) is 4.79 Å². The topological polar surface area (TPSA) is 79.3 Å². The molecule has 0 bridgehead atoms. The van der Waals surface area contributed by atoms with Gasteiger partial charge in [0, 0.05) is 21.6 Å². The molecule has 0 saturated heterocycles. The average Bonchev–Trinajstić information content (AvgIpc) is 2.62. The van der Waals surface area contributed by atoms with E-state index in [0.29, 0.717) is 5.56 Å². The molecule has 6 heteroatoms. The number of aliphatic carboxylic acids is 1. The standard InChI is InChI=1S/C19H15IN2O3/c20-15-7-5-12(6-8-15)9-17(19(24)25)22-18(23)14-10-13-3-1-2-4-16(13)21-11-14/h1-8,10-11,17H,9H2,(H,22,23)(H,24,25)/t17-/m0/s1. The number of pyridine rings is 1. The minimum Gasteiger partial charge on any atom is -0.480 e. The molecule has 3 aromatic rings. The highest BCUT2D eigenvalue weighted by atomic mass is 127. The number of fused-ring (bicyclic) bond motifs is 1. The smallest absolute Gasteiger partial charge is 0.326 e. The number of benzene rings is 2. The van der Waals surface area contributed by atoms with Crippen LogP contribution in [0, 0.1) is 3.57 Å². The van der Waals surface area contributed by atoms with Crippen LogP contribution in [0.15, 0.2) is 60.8 Å². The molecule has 1 amide bonds.